The number of nitrogens with two attached hydrogens (primary N) is 1. The minimum atomic E-state index is -0.411. The molecule has 1 unspecified atom stereocenters. The molecule has 1 saturated heterocycles. The van der Waals surface area contributed by atoms with Gasteiger partial charge in [0, 0.05) is 11.8 Å². The Kier molecular flexibility index (Phi) is 2.67. The molecule has 0 aliphatic carbocycles. The number of carbonyl (C=O) groups is 2. The lowest BCUT2D eigenvalue weighted by molar-refractivity contribution is -0.134. The smallest absolute Gasteiger partial charge is 0.235 e. The largest absolute Gasteiger partial charge is 0.384 e. The van der Waals surface area contributed by atoms with Crippen molar-refractivity contribution in [2.45, 2.75) is 18.8 Å². The van der Waals surface area contributed by atoms with Crippen molar-refractivity contribution >= 4 is 28.4 Å². The summed E-state index contributed by atoms with van der Waals surface area (Å²) < 4.78 is 0. The predicted octanol–water partition coefficient (Wildman–Crippen LogP) is 1.34. The highest BCUT2D eigenvalue weighted by molar-refractivity contribution is 6.02. The van der Waals surface area contributed by atoms with Crippen LogP contribution in [0.3, 0.4) is 0 Å². The van der Waals surface area contributed by atoms with E-state index in [0.717, 1.165) is 10.8 Å². The Bertz CT molecular complexity index is 681. The van der Waals surface area contributed by atoms with Gasteiger partial charge in [-0.2, -0.15) is 0 Å². The van der Waals surface area contributed by atoms with Gasteiger partial charge >= 0.3 is 0 Å². The van der Waals surface area contributed by atoms with Gasteiger partial charge in [0.05, 0.1) is 11.6 Å². The summed E-state index contributed by atoms with van der Waals surface area (Å²) >= 11 is 0. The Morgan fingerprint density at radius 3 is 2.84 bits per heavy atom. The van der Waals surface area contributed by atoms with Gasteiger partial charge in [-0.25, -0.2) is 4.98 Å². The summed E-state index contributed by atoms with van der Waals surface area (Å²) in [5.41, 5.74) is 6.45. The normalized spacial score (nSPS) is 19.5. The number of piperidine rings is 1. The minimum Gasteiger partial charge on any atom is -0.384 e. The van der Waals surface area contributed by atoms with Crippen LogP contribution in [0, 0.1) is 0 Å². The highest BCUT2D eigenvalue weighted by atomic mass is 16.2. The summed E-state index contributed by atoms with van der Waals surface area (Å²) in [7, 11) is 0. The number of nitrogen functional groups attached to an aromatic ring is 1. The van der Waals surface area contributed by atoms with Gasteiger partial charge in [0.1, 0.15) is 5.82 Å². The molecule has 1 aromatic heterocycles. The molecule has 96 valence electrons. The van der Waals surface area contributed by atoms with Crippen LogP contribution in [-0.2, 0) is 9.59 Å². The van der Waals surface area contributed by atoms with Gasteiger partial charge in [-0.1, -0.05) is 24.3 Å². The number of benzene rings is 1. The molecule has 1 aliphatic heterocycles. The number of fused-ring (bicyclic) bond motifs is 1. The van der Waals surface area contributed by atoms with E-state index < -0.39 is 5.92 Å². The zero-order valence-electron chi connectivity index (χ0n) is 10.2. The fraction of sp³-hybridized carbons (Fsp3) is 0.214. The number of amides is 2. The van der Waals surface area contributed by atoms with E-state index in [4.69, 9.17) is 5.73 Å². The summed E-state index contributed by atoms with van der Waals surface area (Å²) in [5.74, 6) is -0.543. The fourth-order valence-electron chi connectivity index (χ4n) is 2.47. The Morgan fingerprint density at radius 2 is 2.05 bits per heavy atom. The first-order chi connectivity index (χ1) is 9.15. The molecule has 5 heteroatoms. The zero-order chi connectivity index (χ0) is 13.4. The van der Waals surface area contributed by atoms with Crippen molar-refractivity contribution < 1.29 is 9.59 Å². The number of anilines is 1. The second-order valence-electron chi connectivity index (χ2n) is 4.66. The van der Waals surface area contributed by atoms with Gasteiger partial charge in [0.2, 0.25) is 11.8 Å². The van der Waals surface area contributed by atoms with Crippen LogP contribution in [0.5, 0.6) is 0 Å². The summed E-state index contributed by atoms with van der Waals surface area (Å²) in [6.45, 7) is 0. The topological polar surface area (TPSA) is 85.1 Å². The van der Waals surface area contributed by atoms with E-state index in [2.05, 4.69) is 10.3 Å². The highest BCUT2D eigenvalue weighted by Crippen LogP contribution is 2.30. The van der Waals surface area contributed by atoms with Crippen molar-refractivity contribution in [2.75, 3.05) is 5.73 Å². The molecule has 2 amide bonds. The molecule has 0 saturated carbocycles. The lowest BCUT2D eigenvalue weighted by atomic mass is 9.91. The Balaban J connectivity index is 2.14. The molecule has 3 N–H and O–H groups in total. The summed E-state index contributed by atoms with van der Waals surface area (Å²) in [5, 5.41) is 4.22. The van der Waals surface area contributed by atoms with Gasteiger partial charge in [-0.3, -0.25) is 14.9 Å². The number of nitrogens with zero attached hydrogens (tertiary/aromatic N) is 1. The maximum atomic E-state index is 11.9. The van der Waals surface area contributed by atoms with Crippen molar-refractivity contribution in [3.8, 4) is 0 Å². The Hall–Kier alpha value is -2.43. The third-order valence-electron chi connectivity index (χ3n) is 3.36. The Morgan fingerprint density at radius 1 is 1.26 bits per heavy atom. The second-order valence-corrected chi connectivity index (χ2v) is 4.66. The molecular formula is C14H13N3O2. The SMILES string of the molecule is Nc1cc2ccccc2c(C2CCC(=O)NC2=O)n1. The molecule has 1 aromatic carbocycles. The van der Waals surface area contributed by atoms with E-state index in [9.17, 15) is 9.59 Å². The quantitative estimate of drug-likeness (QED) is 0.753. The zero-order valence-corrected chi connectivity index (χ0v) is 10.2. The maximum absolute atomic E-state index is 11.9. The third kappa shape index (κ3) is 2.03. The number of nitrogens with one attached hydrogen (secondary N) is 1. The van der Waals surface area contributed by atoms with Gasteiger partial charge in [-0.15, -0.1) is 0 Å². The van der Waals surface area contributed by atoms with Crippen molar-refractivity contribution in [2.24, 2.45) is 0 Å². The molecule has 1 aliphatic rings. The highest BCUT2D eigenvalue weighted by Gasteiger charge is 2.30. The van der Waals surface area contributed by atoms with Crippen LogP contribution in [0.2, 0.25) is 0 Å². The van der Waals surface area contributed by atoms with Crippen molar-refractivity contribution in [3.63, 3.8) is 0 Å². The molecule has 19 heavy (non-hydrogen) atoms. The van der Waals surface area contributed by atoms with Crippen LogP contribution in [0.4, 0.5) is 5.82 Å². The van der Waals surface area contributed by atoms with E-state index in [1.165, 1.54) is 0 Å². The number of hydrogen-bond acceptors (Lipinski definition) is 4. The number of carbonyl (C=O) groups excluding carboxylic acids is 2. The van der Waals surface area contributed by atoms with Crippen LogP contribution in [0.15, 0.2) is 30.3 Å². The molecule has 5 nitrogen and oxygen atoms in total. The molecule has 1 fully saturated rings. The number of imide groups is 1. The van der Waals surface area contributed by atoms with Crippen LogP contribution >= 0.6 is 0 Å². The molecular weight excluding hydrogens is 242 g/mol. The van der Waals surface area contributed by atoms with Crippen LogP contribution < -0.4 is 11.1 Å². The lowest BCUT2D eigenvalue weighted by Gasteiger charge is -2.21. The minimum absolute atomic E-state index is 0.227. The average molecular weight is 255 g/mol. The lowest BCUT2D eigenvalue weighted by Crippen LogP contribution is -2.39. The molecule has 0 bridgehead atoms. The molecule has 2 heterocycles. The molecule has 1 atom stereocenters. The van der Waals surface area contributed by atoms with E-state index in [-0.39, 0.29) is 11.8 Å². The van der Waals surface area contributed by atoms with E-state index in [1.54, 1.807) is 6.07 Å². The first-order valence-corrected chi connectivity index (χ1v) is 6.14. The molecule has 0 radical (unpaired) electrons. The maximum Gasteiger partial charge on any atom is 0.235 e. The monoisotopic (exact) mass is 255 g/mol. The number of pyridine rings is 1. The average Bonchev–Trinajstić information content (AvgIpc) is 2.38. The van der Waals surface area contributed by atoms with E-state index >= 15 is 0 Å². The standard InChI is InChI=1S/C14H13N3O2/c15-11-7-8-3-1-2-4-9(8)13(16-11)10-5-6-12(18)17-14(10)19/h1-4,7,10H,5-6H2,(H2,15,16)(H,17,18,19). The summed E-state index contributed by atoms with van der Waals surface area (Å²) in [6, 6.07) is 9.44. The van der Waals surface area contributed by atoms with Gasteiger partial charge in [0.15, 0.2) is 0 Å². The molecule has 2 aromatic rings. The number of hydrogen-bond donors (Lipinski definition) is 2. The predicted molar refractivity (Wildman–Crippen MR) is 71.3 cm³/mol. The fourth-order valence-corrected chi connectivity index (χ4v) is 2.47. The van der Waals surface area contributed by atoms with E-state index in [1.807, 2.05) is 24.3 Å². The van der Waals surface area contributed by atoms with Crippen LogP contribution in [0.25, 0.3) is 10.8 Å². The van der Waals surface area contributed by atoms with Crippen LogP contribution in [0.1, 0.15) is 24.5 Å². The van der Waals surface area contributed by atoms with Crippen LogP contribution in [-0.4, -0.2) is 16.8 Å². The van der Waals surface area contributed by atoms with Gasteiger partial charge in [0.25, 0.3) is 0 Å². The number of rotatable bonds is 1. The third-order valence-corrected chi connectivity index (χ3v) is 3.36. The summed E-state index contributed by atoms with van der Waals surface area (Å²) in [6.07, 6.45) is 0.812. The van der Waals surface area contributed by atoms with E-state index in [0.29, 0.717) is 24.4 Å². The van der Waals surface area contributed by atoms with Crippen molar-refractivity contribution in [1.82, 2.24) is 10.3 Å². The molecule has 0 spiro atoms. The first kappa shape index (κ1) is 11.6. The molecule has 3 rings (SSSR count). The van der Waals surface area contributed by atoms with Crippen molar-refractivity contribution in [1.29, 1.82) is 0 Å². The second kappa shape index (κ2) is 4.35. The summed E-state index contributed by atoms with van der Waals surface area (Å²) in [4.78, 5) is 27.5. The first-order valence-electron chi connectivity index (χ1n) is 6.14. The van der Waals surface area contributed by atoms with Gasteiger partial charge < -0.3 is 5.73 Å². The van der Waals surface area contributed by atoms with Crippen molar-refractivity contribution in [3.05, 3.63) is 36.0 Å². The number of aromatic nitrogens is 1. The Labute approximate surface area is 109 Å². The van der Waals surface area contributed by atoms with Gasteiger partial charge in [-0.05, 0) is 17.9 Å².